The van der Waals surface area contributed by atoms with Gasteiger partial charge in [-0.15, -0.1) is 0 Å². The Balaban J connectivity index is 2.42. The lowest BCUT2D eigenvalue weighted by molar-refractivity contribution is -0.121. The van der Waals surface area contributed by atoms with Crippen LogP contribution in [-0.4, -0.2) is 23.7 Å². The molecule has 1 aromatic carbocycles. The molecule has 0 aliphatic heterocycles. The van der Waals surface area contributed by atoms with Crippen molar-refractivity contribution < 1.29 is 9.90 Å². The van der Waals surface area contributed by atoms with Gasteiger partial charge in [-0.3, -0.25) is 4.79 Å². The maximum atomic E-state index is 11.5. The normalized spacial score (nSPS) is 12.2. The van der Waals surface area contributed by atoms with Crippen LogP contribution in [-0.2, 0) is 11.2 Å². The number of aryl methyl sites for hydroxylation is 3. The monoisotopic (exact) mass is 235 g/mol. The van der Waals surface area contributed by atoms with E-state index in [1.54, 1.807) is 6.92 Å². The first-order valence-corrected chi connectivity index (χ1v) is 6.00. The van der Waals surface area contributed by atoms with E-state index in [0.717, 1.165) is 6.42 Å². The van der Waals surface area contributed by atoms with Crippen molar-refractivity contribution in [3.8, 4) is 0 Å². The van der Waals surface area contributed by atoms with Gasteiger partial charge < -0.3 is 10.4 Å². The second-order valence-electron chi connectivity index (χ2n) is 4.58. The van der Waals surface area contributed by atoms with E-state index in [2.05, 4.69) is 37.4 Å². The lowest BCUT2D eigenvalue weighted by Gasteiger charge is -2.09. The number of hydrogen-bond donors (Lipinski definition) is 2. The highest BCUT2D eigenvalue weighted by atomic mass is 16.3. The fourth-order valence-corrected chi connectivity index (χ4v) is 1.72. The first-order valence-electron chi connectivity index (χ1n) is 6.00. The van der Waals surface area contributed by atoms with Crippen LogP contribution in [0.1, 0.15) is 30.0 Å². The van der Waals surface area contributed by atoms with Crippen molar-refractivity contribution >= 4 is 5.91 Å². The first-order chi connectivity index (χ1) is 7.99. The predicted octanol–water partition coefficient (Wildman–Crippen LogP) is 1.73. The second kappa shape index (κ2) is 6.40. The van der Waals surface area contributed by atoms with Gasteiger partial charge in [0.15, 0.2) is 0 Å². The minimum atomic E-state index is -0.486. The molecule has 0 saturated heterocycles. The van der Waals surface area contributed by atoms with E-state index >= 15 is 0 Å². The second-order valence-corrected chi connectivity index (χ2v) is 4.58. The van der Waals surface area contributed by atoms with Gasteiger partial charge in [0.05, 0.1) is 6.10 Å². The van der Waals surface area contributed by atoms with Gasteiger partial charge in [-0.1, -0.05) is 23.8 Å². The Kier molecular flexibility index (Phi) is 5.16. The zero-order valence-corrected chi connectivity index (χ0v) is 10.8. The quantitative estimate of drug-likeness (QED) is 0.816. The minimum Gasteiger partial charge on any atom is -0.392 e. The smallest absolute Gasteiger partial charge is 0.220 e. The van der Waals surface area contributed by atoms with E-state index in [4.69, 9.17) is 5.11 Å². The summed E-state index contributed by atoms with van der Waals surface area (Å²) in [6.45, 7) is 6.11. The van der Waals surface area contributed by atoms with Crippen LogP contribution in [0.2, 0.25) is 0 Å². The van der Waals surface area contributed by atoms with Gasteiger partial charge in [-0.25, -0.2) is 0 Å². The molecule has 0 aliphatic rings. The van der Waals surface area contributed by atoms with E-state index in [1.807, 2.05) is 0 Å². The van der Waals surface area contributed by atoms with Crippen LogP contribution in [0.25, 0.3) is 0 Å². The van der Waals surface area contributed by atoms with Gasteiger partial charge in [0.25, 0.3) is 0 Å². The molecule has 1 amide bonds. The Morgan fingerprint density at radius 1 is 1.41 bits per heavy atom. The summed E-state index contributed by atoms with van der Waals surface area (Å²) in [5, 5.41) is 11.7. The molecule has 1 unspecified atom stereocenters. The number of aliphatic hydroxyl groups is 1. The number of hydrogen-bond acceptors (Lipinski definition) is 2. The molecule has 0 heterocycles. The molecule has 0 spiro atoms. The molecule has 0 bridgehead atoms. The van der Waals surface area contributed by atoms with E-state index < -0.39 is 6.10 Å². The summed E-state index contributed by atoms with van der Waals surface area (Å²) in [6.07, 6.45) is 0.731. The van der Waals surface area contributed by atoms with E-state index in [-0.39, 0.29) is 5.91 Å². The molecule has 1 aromatic rings. The van der Waals surface area contributed by atoms with Crippen molar-refractivity contribution in [2.75, 3.05) is 6.54 Å². The predicted molar refractivity (Wildman–Crippen MR) is 68.9 cm³/mol. The molecule has 0 fully saturated rings. The summed E-state index contributed by atoms with van der Waals surface area (Å²) in [5.41, 5.74) is 3.68. The fourth-order valence-electron chi connectivity index (χ4n) is 1.72. The van der Waals surface area contributed by atoms with Crippen molar-refractivity contribution in [2.45, 2.75) is 39.7 Å². The molecule has 2 N–H and O–H groups in total. The molecule has 3 nitrogen and oxygen atoms in total. The van der Waals surface area contributed by atoms with E-state index in [9.17, 15) is 4.79 Å². The summed E-state index contributed by atoms with van der Waals surface area (Å²) in [6, 6.07) is 6.27. The van der Waals surface area contributed by atoms with Gasteiger partial charge in [-0.05, 0) is 38.3 Å². The lowest BCUT2D eigenvalue weighted by atomic mass is 10.0. The third-order valence-electron chi connectivity index (χ3n) is 2.71. The van der Waals surface area contributed by atoms with Crippen LogP contribution in [0.3, 0.4) is 0 Å². The number of carbonyl (C=O) groups is 1. The van der Waals surface area contributed by atoms with E-state index in [0.29, 0.717) is 13.0 Å². The van der Waals surface area contributed by atoms with Crippen molar-refractivity contribution in [3.63, 3.8) is 0 Å². The van der Waals surface area contributed by atoms with Gasteiger partial charge >= 0.3 is 0 Å². The van der Waals surface area contributed by atoms with E-state index in [1.165, 1.54) is 16.7 Å². The molecule has 0 aromatic heterocycles. The molecule has 1 rings (SSSR count). The molecule has 1 atom stereocenters. The SMILES string of the molecule is Cc1ccc(CCC(=O)NCC(C)O)c(C)c1. The standard InChI is InChI=1S/C14H21NO2/c1-10-4-5-13(11(2)8-10)6-7-14(17)15-9-12(3)16/h4-5,8,12,16H,6-7,9H2,1-3H3,(H,15,17). The zero-order chi connectivity index (χ0) is 12.8. The van der Waals surface area contributed by atoms with Crippen molar-refractivity contribution in [1.82, 2.24) is 5.32 Å². The number of aliphatic hydroxyl groups excluding tert-OH is 1. The molecular weight excluding hydrogens is 214 g/mol. The summed E-state index contributed by atoms with van der Waals surface area (Å²) in [7, 11) is 0. The summed E-state index contributed by atoms with van der Waals surface area (Å²) in [5.74, 6) is -0.00845. The molecule has 94 valence electrons. The van der Waals surface area contributed by atoms with Crippen LogP contribution >= 0.6 is 0 Å². The molecule has 17 heavy (non-hydrogen) atoms. The third kappa shape index (κ3) is 5.00. The largest absolute Gasteiger partial charge is 0.392 e. The fraction of sp³-hybridized carbons (Fsp3) is 0.500. The Labute approximate surface area is 103 Å². The molecule has 0 aliphatic carbocycles. The van der Waals surface area contributed by atoms with Crippen molar-refractivity contribution in [3.05, 3.63) is 34.9 Å². The third-order valence-corrected chi connectivity index (χ3v) is 2.71. The highest BCUT2D eigenvalue weighted by molar-refractivity contribution is 5.76. The van der Waals surface area contributed by atoms with Crippen LogP contribution in [0, 0.1) is 13.8 Å². The maximum Gasteiger partial charge on any atom is 0.220 e. The summed E-state index contributed by atoms with van der Waals surface area (Å²) < 4.78 is 0. The summed E-state index contributed by atoms with van der Waals surface area (Å²) in [4.78, 5) is 11.5. The molecule has 3 heteroatoms. The van der Waals surface area contributed by atoms with Gasteiger partial charge in [0.1, 0.15) is 0 Å². The topological polar surface area (TPSA) is 49.3 Å². The van der Waals surface area contributed by atoms with Crippen molar-refractivity contribution in [2.24, 2.45) is 0 Å². The van der Waals surface area contributed by atoms with Crippen LogP contribution in [0.5, 0.6) is 0 Å². The first kappa shape index (κ1) is 13.7. The highest BCUT2D eigenvalue weighted by Crippen LogP contribution is 2.12. The summed E-state index contributed by atoms with van der Waals surface area (Å²) >= 11 is 0. The van der Waals surface area contributed by atoms with Crippen LogP contribution in [0.15, 0.2) is 18.2 Å². The Hall–Kier alpha value is -1.35. The minimum absolute atomic E-state index is 0.00845. The van der Waals surface area contributed by atoms with Gasteiger partial charge in [0, 0.05) is 13.0 Å². The van der Waals surface area contributed by atoms with Gasteiger partial charge in [-0.2, -0.15) is 0 Å². The van der Waals surface area contributed by atoms with Crippen molar-refractivity contribution in [1.29, 1.82) is 0 Å². The molecular formula is C14H21NO2. The number of carbonyl (C=O) groups excluding carboxylic acids is 1. The van der Waals surface area contributed by atoms with Crippen LogP contribution < -0.4 is 5.32 Å². The maximum absolute atomic E-state index is 11.5. The Bertz CT molecular complexity index is 386. The number of amides is 1. The van der Waals surface area contributed by atoms with Gasteiger partial charge in [0.2, 0.25) is 5.91 Å². The Morgan fingerprint density at radius 3 is 2.71 bits per heavy atom. The number of nitrogens with one attached hydrogen (secondary N) is 1. The van der Waals surface area contributed by atoms with Crippen LogP contribution in [0.4, 0.5) is 0 Å². The number of rotatable bonds is 5. The Morgan fingerprint density at radius 2 is 2.12 bits per heavy atom. The average molecular weight is 235 g/mol. The molecule has 0 radical (unpaired) electrons. The lowest BCUT2D eigenvalue weighted by Crippen LogP contribution is -2.30. The zero-order valence-electron chi connectivity index (χ0n) is 10.8. The average Bonchev–Trinajstić information content (AvgIpc) is 2.25. The number of benzene rings is 1. The molecule has 0 saturated carbocycles. The highest BCUT2D eigenvalue weighted by Gasteiger charge is 2.05.